The Hall–Kier alpha value is 0.350. The molecule has 0 spiro atoms. The van der Waals surface area contributed by atoms with Crippen molar-refractivity contribution in [3.8, 4) is 0 Å². The second-order valence-electron chi connectivity index (χ2n) is 5.01. The second-order valence-corrected chi connectivity index (χ2v) is 6.62. The van der Waals surface area contributed by atoms with Gasteiger partial charge in [0.05, 0.1) is 0 Å². The third-order valence-electron chi connectivity index (χ3n) is 3.74. The SMILES string of the molecule is C1CCCC2CCCCCC(CC1)S2. The molecule has 0 aromatic rings. The fraction of sp³-hybridized carbons (Fsp3) is 1.00. The molecule has 2 fully saturated rings. The van der Waals surface area contributed by atoms with E-state index in [1.165, 1.54) is 70.6 Å². The first-order chi connectivity index (χ1) is 6.95. The van der Waals surface area contributed by atoms with E-state index in [2.05, 4.69) is 11.8 Å². The molecule has 82 valence electrons. The molecule has 2 saturated heterocycles. The zero-order valence-corrected chi connectivity index (χ0v) is 10.2. The van der Waals surface area contributed by atoms with Gasteiger partial charge < -0.3 is 0 Å². The lowest BCUT2D eigenvalue weighted by Gasteiger charge is -2.25. The molecule has 2 aliphatic heterocycles. The number of rotatable bonds is 0. The van der Waals surface area contributed by atoms with Gasteiger partial charge in [0.25, 0.3) is 0 Å². The van der Waals surface area contributed by atoms with Crippen LogP contribution in [0.3, 0.4) is 0 Å². The van der Waals surface area contributed by atoms with E-state index in [0.717, 1.165) is 10.5 Å². The van der Waals surface area contributed by atoms with Gasteiger partial charge in [0, 0.05) is 10.5 Å². The largest absolute Gasteiger partial charge is 0.155 e. The zero-order chi connectivity index (χ0) is 9.64. The summed E-state index contributed by atoms with van der Waals surface area (Å²) in [5.74, 6) is 0. The maximum absolute atomic E-state index is 2.35. The first-order valence-corrected chi connectivity index (χ1v) is 7.55. The van der Waals surface area contributed by atoms with Crippen molar-refractivity contribution in [1.82, 2.24) is 0 Å². The van der Waals surface area contributed by atoms with Gasteiger partial charge in [0.1, 0.15) is 0 Å². The van der Waals surface area contributed by atoms with Crippen LogP contribution in [-0.2, 0) is 0 Å². The molecule has 2 heterocycles. The maximum atomic E-state index is 2.35. The van der Waals surface area contributed by atoms with E-state index in [1.807, 2.05) is 0 Å². The summed E-state index contributed by atoms with van der Waals surface area (Å²) in [6, 6.07) is 0. The van der Waals surface area contributed by atoms with E-state index in [0.29, 0.717) is 0 Å². The Morgan fingerprint density at radius 2 is 0.857 bits per heavy atom. The van der Waals surface area contributed by atoms with Crippen LogP contribution in [0, 0.1) is 0 Å². The number of hydrogen-bond acceptors (Lipinski definition) is 1. The van der Waals surface area contributed by atoms with Gasteiger partial charge in [-0.3, -0.25) is 0 Å². The van der Waals surface area contributed by atoms with Crippen LogP contribution in [0.15, 0.2) is 0 Å². The Morgan fingerprint density at radius 3 is 1.29 bits per heavy atom. The minimum atomic E-state index is 1.03. The molecule has 2 rings (SSSR count). The Kier molecular flexibility index (Phi) is 4.69. The molecule has 1 heteroatoms. The molecular formula is C13H24S. The van der Waals surface area contributed by atoms with E-state index in [4.69, 9.17) is 0 Å². The van der Waals surface area contributed by atoms with Crippen molar-refractivity contribution < 1.29 is 0 Å². The van der Waals surface area contributed by atoms with Crippen molar-refractivity contribution in [2.45, 2.75) is 81.1 Å². The fourth-order valence-electron chi connectivity index (χ4n) is 2.85. The number of hydrogen-bond donors (Lipinski definition) is 0. The fourth-order valence-corrected chi connectivity index (χ4v) is 4.61. The Balaban J connectivity index is 1.90. The normalized spacial score (nSPS) is 36.0. The monoisotopic (exact) mass is 212 g/mol. The van der Waals surface area contributed by atoms with Crippen LogP contribution in [-0.4, -0.2) is 10.5 Å². The van der Waals surface area contributed by atoms with Crippen molar-refractivity contribution in [3.63, 3.8) is 0 Å². The summed E-state index contributed by atoms with van der Waals surface area (Å²) < 4.78 is 0. The minimum Gasteiger partial charge on any atom is -0.155 e. The van der Waals surface area contributed by atoms with Crippen molar-refractivity contribution in [2.24, 2.45) is 0 Å². The lowest BCUT2D eigenvalue weighted by molar-refractivity contribution is 0.552. The summed E-state index contributed by atoms with van der Waals surface area (Å²) in [5, 5.41) is 2.05. The molecule has 0 saturated carbocycles. The molecule has 2 unspecified atom stereocenters. The summed E-state index contributed by atoms with van der Waals surface area (Å²) in [4.78, 5) is 0. The summed E-state index contributed by atoms with van der Waals surface area (Å²) in [6.45, 7) is 0. The molecular weight excluding hydrogens is 188 g/mol. The smallest absolute Gasteiger partial charge is 0.00498 e. The standard InChI is InChI=1S/C13H24S/c1-2-5-9-13-11-7-3-6-10-12(14-13)8-4-1/h12-13H,1-11H2. The highest BCUT2D eigenvalue weighted by molar-refractivity contribution is 8.00. The Bertz CT molecular complexity index is 139. The van der Waals surface area contributed by atoms with E-state index in [1.54, 1.807) is 0 Å². The zero-order valence-electron chi connectivity index (χ0n) is 9.34. The van der Waals surface area contributed by atoms with Crippen LogP contribution in [0.4, 0.5) is 0 Å². The predicted octanol–water partition coefficient (Wildman–Crippen LogP) is 4.78. The summed E-state index contributed by atoms with van der Waals surface area (Å²) in [6.07, 6.45) is 16.6. The minimum absolute atomic E-state index is 1.03. The number of fused-ring (bicyclic) bond motifs is 2. The van der Waals surface area contributed by atoms with Crippen molar-refractivity contribution >= 4 is 11.8 Å². The third-order valence-corrected chi connectivity index (χ3v) is 5.45. The van der Waals surface area contributed by atoms with Crippen LogP contribution in [0.25, 0.3) is 0 Å². The Morgan fingerprint density at radius 1 is 0.500 bits per heavy atom. The average Bonchev–Trinajstić information content (AvgIpc) is 2.26. The Labute approximate surface area is 93.2 Å². The van der Waals surface area contributed by atoms with Crippen LogP contribution >= 0.6 is 11.8 Å². The van der Waals surface area contributed by atoms with Crippen molar-refractivity contribution in [2.75, 3.05) is 0 Å². The number of thioether (sulfide) groups is 1. The molecule has 0 aromatic heterocycles. The molecule has 0 amide bonds. The molecule has 0 aliphatic carbocycles. The summed E-state index contributed by atoms with van der Waals surface area (Å²) >= 11 is 2.35. The lowest BCUT2D eigenvalue weighted by atomic mass is 10.1. The average molecular weight is 212 g/mol. The quantitative estimate of drug-likeness (QED) is 0.557. The van der Waals surface area contributed by atoms with Gasteiger partial charge in [-0.25, -0.2) is 0 Å². The predicted molar refractivity (Wildman–Crippen MR) is 66.0 cm³/mol. The first-order valence-electron chi connectivity index (χ1n) is 6.60. The van der Waals surface area contributed by atoms with Crippen molar-refractivity contribution in [1.29, 1.82) is 0 Å². The second kappa shape index (κ2) is 6.05. The van der Waals surface area contributed by atoms with Gasteiger partial charge in [-0.2, -0.15) is 11.8 Å². The topological polar surface area (TPSA) is 0 Å². The molecule has 0 aromatic carbocycles. The lowest BCUT2D eigenvalue weighted by Crippen LogP contribution is -2.13. The summed E-state index contributed by atoms with van der Waals surface area (Å²) in [7, 11) is 0. The van der Waals surface area contributed by atoms with Crippen LogP contribution in [0.5, 0.6) is 0 Å². The molecule has 0 N–H and O–H groups in total. The molecule has 0 radical (unpaired) electrons. The van der Waals surface area contributed by atoms with E-state index in [-0.39, 0.29) is 0 Å². The first kappa shape index (κ1) is 10.9. The van der Waals surface area contributed by atoms with Crippen molar-refractivity contribution in [3.05, 3.63) is 0 Å². The maximum Gasteiger partial charge on any atom is 0.00498 e. The highest BCUT2D eigenvalue weighted by Gasteiger charge is 2.20. The highest BCUT2D eigenvalue weighted by atomic mass is 32.2. The van der Waals surface area contributed by atoms with Crippen LogP contribution in [0.2, 0.25) is 0 Å². The molecule has 2 bridgehead atoms. The van der Waals surface area contributed by atoms with Gasteiger partial charge in [-0.1, -0.05) is 44.9 Å². The van der Waals surface area contributed by atoms with Gasteiger partial charge >= 0.3 is 0 Å². The van der Waals surface area contributed by atoms with Gasteiger partial charge in [0.15, 0.2) is 0 Å². The summed E-state index contributed by atoms with van der Waals surface area (Å²) in [5.41, 5.74) is 0. The highest BCUT2D eigenvalue weighted by Crippen LogP contribution is 2.36. The van der Waals surface area contributed by atoms with E-state index in [9.17, 15) is 0 Å². The van der Waals surface area contributed by atoms with Gasteiger partial charge in [-0.15, -0.1) is 0 Å². The molecule has 2 atom stereocenters. The molecule has 2 aliphatic rings. The molecule has 0 nitrogen and oxygen atoms in total. The third kappa shape index (κ3) is 3.49. The van der Waals surface area contributed by atoms with Crippen LogP contribution < -0.4 is 0 Å². The van der Waals surface area contributed by atoms with Gasteiger partial charge in [0.2, 0.25) is 0 Å². The van der Waals surface area contributed by atoms with Crippen LogP contribution in [0.1, 0.15) is 70.6 Å². The van der Waals surface area contributed by atoms with E-state index < -0.39 is 0 Å². The molecule has 14 heavy (non-hydrogen) atoms. The van der Waals surface area contributed by atoms with E-state index >= 15 is 0 Å². The van der Waals surface area contributed by atoms with Gasteiger partial charge in [-0.05, 0) is 25.7 Å².